The van der Waals surface area contributed by atoms with Gasteiger partial charge in [0.25, 0.3) is 0 Å². The third kappa shape index (κ3) is 2.12. The van der Waals surface area contributed by atoms with Crippen LogP contribution in [-0.2, 0) is 6.54 Å². The Morgan fingerprint density at radius 2 is 2.11 bits per heavy atom. The van der Waals surface area contributed by atoms with Gasteiger partial charge in [-0.25, -0.2) is 4.98 Å². The number of benzene rings is 1. The number of hydrogen-bond acceptors (Lipinski definition) is 4. The van der Waals surface area contributed by atoms with Crippen molar-refractivity contribution in [2.24, 2.45) is 0 Å². The summed E-state index contributed by atoms with van der Waals surface area (Å²) in [5.74, 6) is 0.843. The van der Waals surface area contributed by atoms with E-state index in [2.05, 4.69) is 15.2 Å². The van der Waals surface area contributed by atoms with Gasteiger partial charge in [-0.1, -0.05) is 30.3 Å². The molecule has 0 fully saturated rings. The molecule has 3 aromatic rings. The van der Waals surface area contributed by atoms with Crippen molar-refractivity contribution in [1.29, 1.82) is 0 Å². The SMILES string of the molecule is S=c1[nH]nc(-c2ccccc2)n1Cc1nccs1. The topological polar surface area (TPSA) is 46.5 Å². The summed E-state index contributed by atoms with van der Waals surface area (Å²) < 4.78 is 2.58. The second kappa shape index (κ2) is 4.83. The Labute approximate surface area is 113 Å². The summed E-state index contributed by atoms with van der Waals surface area (Å²) in [5.41, 5.74) is 1.04. The summed E-state index contributed by atoms with van der Waals surface area (Å²) in [6.07, 6.45) is 1.80. The fourth-order valence-electron chi connectivity index (χ4n) is 1.74. The molecule has 0 aliphatic carbocycles. The highest BCUT2D eigenvalue weighted by Gasteiger charge is 2.09. The van der Waals surface area contributed by atoms with Crippen LogP contribution < -0.4 is 0 Å². The molecule has 2 heterocycles. The standard InChI is InChI=1S/C12H10N4S2/c17-12-15-14-11(9-4-2-1-3-5-9)16(12)8-10-13-6-7-18-10/h1-7H,8H2,(H,15,17). The molecule has 1 N–H and O–H groups in total. The summed E-state index contributed by atoms with van der Waals surface area (Å²) in [6, 6.07) is 9.99. The molecule has 0 atom stereocenters. The van der Waals surface area contributed by atoms with Gasteiger partial charge >= 0.3 is 0 Å². The second-order valence-electron chi connectivity index (χ2n) is 3.73. The van der Waals surface area contributed by atoms with Crippen LogP contribution in [-0.4, -0.2) is 19.7 Å². The van der Waals surface area contributed by atoms with E-state index in [-0.39, 0.29) is 0 Å². The predicted molar refractivity (Wildman–Crippen MR) is 74.1 cm³/mol. The van der Waals surface area contributed by atoms with E-state index in [0.717, 1.165) is 16.4 Å². The Morgan fingerprint density at radius 3 is 2.83 bits per heavy atom. The van der Waals surface area contributed by atoms with Crippen molar-refractivity contribution in [2.75, 3.05) is 0 Å². The minimum absolute atomic E-state index is 0.615. The van der Waals surface area contributed by atoms with E-state index in [4.69, 9.17) is 12.2 Å². The van der Waals surface area contributed by atoms with Crippen molar-refractivity contribution in [3.8, 4) is 11.4 Å². The molecule has 6 heteroatoms. The maximum atomic E-state index is 5.27. The maximum Gasteiger partial charge on any atom is 0.195 e. The van der Waals surface area contributed by atoms with E-state index >= 15 is 0 Å². The van der Waals surface area contributed by atoms with Crippen LogP contribution in [0.25, 0.3) is 11.4 Å². The van der Waals surface area contributed by atoms with Crippen LogP contribution in [0.3, 0.4) is 0 Å². The molecule has 0 radical (unpaired) electrons. The van der Waals surface area contributed by atoms with Gasteiger partial charge < -0.3 is 0 Å². The lowest BCUT2D eigenvalue weighted by Crippen LogP contribution is -2.02. The molecule has 3 rings (SSSR count). The summed E-state index contributed by atoms with van der Waals surface area (Å²) in [7, 11) is 0. The molecule has 0 bridgehead atoms. The normalized spacial score (nSPS) is 10.7. The van der Waals surface area contributed by atoms with Gasteiger partial charge in [0.05, 0.1) is 6.54 Å². The van der Waals surface area contributed by atoms with Crippen molar-refractivity contribution in [2.45, 2.75) is 6.54 Å². The lowest BCUT2D eigenvalue weighted by molar-refractivity contribution is 0.784. The summed E-state index contributed by atoms with van der Waals surface area (Å²) >= 11 is 6.88. The second-order valence-corrected chi connectivity index (χ2v) is 5.10. The Morgan fingerprint density at radius 1 is 1.28 bits per heavy atom. The number of rotatable bonds is 3. The minimum Gasteiger partial charge on any atom is -0.293 e. The monoisotopic (exact) mass is 274 g/mol. The molecule has 0 aliphatic heterocycles. The van der Waals surface area contributed by atoms with Crippen molar-refractivity contribution < 1.29 is 0 Å². The zero-order valence-corrected chi connectivity index (χ0v) is 11.0. The highest BCUT2D eigenvalue weighted by Crippen LogP contribution is 2.18. The average Bonchev–Trinajstić information content (AvgIpc) is 3.03. The molecule has 18 heavy (non-hydrogen) atoms. The van der Waals surface area contributed by atoms with Gasteiger partial charge in [0.1, 0.15) is 5.01 Å². The molecule has 0 saturated carbocycles. The Bertz CT molecular complexity index is 682. The van der Waals surface area contributed by atoms with Crippen LogP contribution in [0.5, 0.6) is 0 Å². The molecular formula is C12H10N4S2. The van der Waals surface area contributed by atoms with E-state index in [9.17, 15) is 0 Å². The van der Waals surface area contributed by atoms with Crippen molar-refractivity contribution in [1.82, 2.24) is 19.7 Å². The van der Waals surface area contributed by atoms with Crippen LogP contribution >= 0.6 is 23.6 Å². The van der Waals surface area contributed by atoms with Crippen LogP contribution in [0, 0.1) is 4.77 Å². The minimum atomic E-state index is 0.615. The Kier molecular flexibility index (Phi) is 3.04. The zero-order chi connectivity index (χ0) is 12.4. The van der Waals surface area contributed by atoms with E-state index in [1.165, 1.54) is 0 Å². The summed E-state index contributed by atoms with van der Waals surface area (Å²) in [6.45, 7) is 0.650. The first-order valence-corrected chi connectivity index (χ1v) is 6.72. The molecule has 90 valence electrons. The van der Waals surface area contributed by atoms with E-state index in [1.54, 1.807) is 17.5 Å². The van der Waals surface area contributed by atoms with Gasteiger partial charge in [-0.05, 0) is 12.2 Å². The molecule has 2 aromatic heterocycles. The molecule has 4 nitrogen and oxygen atoms in total. The molecule has 0 amide bonds. The lowest BCUT2D eigenvalue weighted by atomic mass is 10.2. The van der Waals surface area contributed by atoms with Crippen molar-refractivity contribution >= 4 is 23.6 Å². The third-order valence-corrected chi connectivity index (χ3v) is 3.64. The number of thiazole rings is 1. The lowest BCUT2D eigenvalue weighted by Gasteiger charge is -2.04. The summed E-state index contributed by atoms with van der Waals surface area (Å²) in [4.78, 5) is 4.28. The third-order valence-electron chi connectivity index (χ3n) is 2.57. The molecule has 0 aliphatic rings. The average molecular weight is 274 g/mol. The van der Waals surface area contributed by atoms with Crippen molar-refractivity contribution in [3.05, 3.63) is 51.7 Å². The quantitative estimate of drug-likeness (QED) is 0.746. The van der Waals surface area contributed by atoms with Crippen LogP contribution in [0.2, 0.25) is 0 Å². The molecule has 0 unspecified atom stereocenters. The number of aromatic nitrogens is 4. The highest BCUT2D eigenvalue weighted by atomic mass is 32.1. The number of nitrogens with zero attached hydrogens (tertiary/aromatic N) is 3. The Hall–Kier alpha value is -1.79. The smallest absolute Gasteiger partial charge is 0.195 e. The Balaban J connectivity index is 2.04. The van der Waals surface area contributed by atoms with E-state index < -0.39 is 0 Å². The van der Waals surface area contributed by atoms with E-state index in [0.29, 0.717) is 11.3 Å². The fourth-order valence-corrected chi connectivity index (χ4v) is 2.54. The molecule has 0 saturated heterocycles. The predicted octanol–water partition coefficient (Wildman–Crippen LogP) is 3.11. The molecule has 0 spiro atoms. The van der Waals surface area contributed by atoms with Gasteiger partial charge in [-0.15, -0.1) is 11.3 Å². The summed E-state index contributed by atoms with van der Waals surface area (Å²) in [5, 5.41) is 10.1. The highest BCUT2D eigenvalue weighted by molar-refractivity contribution is 7.71. The van der Waals surface area contributed by atoms with Crippen LogP contribution in [0.1, 0.15) is 5.01 Å². The van der Waals surface area contributed by atoms with Gasteiger partial charge in [0.2, 0.25) is 0 Å². The fraction of sp³-hybridized carbons (Fsp3) is 0.0833. The van der Waals surface area contributed by atoms with Crippen LogP contribution in [0.4, 0.5) is 0 Å². The largest absolute Gasteiger partial charge is 0.293 e. The molecular weight excluding hydrogens is 264 g/mol. The first-order valence-electron chi connectivity index (χ1n) is 5.43. The van der Waals surface area contributed by atoms with Gasteiger partial charge in [-0.2, -0.15) is 5.10 Å². The zero-order valence-electron chi connectivity index (χ0n) is 9.41. The van der Waals surface area contributed by atoms with Crippen molar-refractivity contribution in [3.63, 3.8) is 0 Å². The van der Waals surface area contributed by atoms with Crippen LogP contribution in [0.15, 0.2) is 41.9 Å². The number of H-pyrrole nitrogens is 1. The number of aromatic amines is 1. The number of hydrogen-bond donors (Lipinski definition) is 1. The van der Waals surface area contributed by atoms with Gasteiger partial charge in [0.15, 0.2) is 10.6 Å². The maximum absolute atomic E-state index is 5.27. The van der Waals surface area contributed by atoms with Gasteiger partial charge in [0, 0.05) is 17.1 Å². The molecule has 1 aromatic carbocycles. The number of nitrogens with one attached hydrogen (secondary N) is 1. The first kappa shape index (κ1) is 11.3. The first-order chi connectivity index (χ1) is 8.84. The van der Waals surface area contributed by atoms with E-state index in [1.807, 2.05) is 40.3 Å². The van der Waals surface area contributed by atoms with Gasteiger partial charge in [-0.3, -0.25) is 9.67 Å².